The van der Waals surface area contributed by atoms with Gasteiger partial charge >= 0.3 is 0 Å². The molecule has 0 unspecified atom stereocenters. The number of tetrazole rings is 1. The van der Waals surface area contributed by atoms with Gasteiger partial charge in [0.1, 0.15) is 0 Å². The lowest BCUT2D eigenvalue weighted by Gasteiger charge is -2.29. The molecule has 1 heterocycles. The third kappa shape index (κ3) is 9.05. The van der Waals surface area contributed by atoms with Crippen LogP contribution in [0.1, 0.15) is 51.2 Å². The summed E-state index contributed by atoms with van der Waals surface area (Å²) in [5.74, 6) is 0.150. The lowest BCUT2D eigenvalue weighted by molar-refractivity contribution is -0.142. The smallest absolute Gasteiger partial charge is 0.241 e. The number of aryl methyl sites for hydroxylation is 1. The summed E-state index contributed by atoms with van der Waals surface area (Å²) in [6.07, 6.45) is 1.36. The number of aromatic amines is 1. The molecule has 1 atom stereocenters. The van der Waals surface area contributed by atoms with Crippen LogP contribution in [-0.2, 0) is 22.6 Å². The van der Waals surface area contributed by atoms with E-state index in [1.807, 2.05) is 92.7 Å². The third-order valence-corrected chi connectivity index (χ3v) is 6.87. The van der Waals surface area contributed by atoms with Gasteiger partial charge in [-0.15, -0.1) is 5.10 Å². The first-order chi connectivity index (χ1) is 20.2. The van der Waals surface area contributed by atoms with Gasteiger partial charge in [0.15, 0.2) is 5.82 Å². The molecule has 3 aromatic carbocycles. The Morgan fingerprint density at radius 3 is 2.31 bits per heavy atom. The quantitative estimate of drug-likeness (QED) is 0.178. The Morgan fingerprint density at radius 1 is 0.952 bits per heavy atom. The number of benzene rings is 3. The predicted octanol–water partition coefficient (Wildman–Crippen LogP) is 4.06. The number of amides is 2. The molecule has 0 fully saturated rings. The van der Waals surface area contributed by atoms with Crippen molar-refractivity contribution in [2.75, 3.05) is 6.54 Å². The van der Waals surface area contributed by atoms with Crippen LogP contribution in [0.3, 0.4) is 0 Å². The number of carbonyl (C=O) groups excluding carboxylic acids is 2. The molecule has 42 heavy (non-hydrogen) atoms. The number of nitrogens with one attached hydrogen (secondary N) is 3. The summed E-state index contributed by atoms with van der Waals surface area (Å²) in [4.78, 5) is 26.4. The molecule has 10 nitrogen and oxygen atoms in total. The number of hydrazine groups is 1. The van der Waals surface area contributed by atoms with Gasteiger partial charge in [-0.2, -0.15) is 0 Å². The molecule has 4 aromatic rings. The molecular formula is C32H39N7O3. The molecule has 4 N–H and O–H groups in total. The number of β-amino-alcohol motifs (C(OH)–C–C–N with tert-alkyl or cyclic N) is 1. The molecule has 0 bridgehead atoms. The second-order valence-corrected chi connectivity index (χ2v) is 11.1. The van der Waals surface area contributed by atoms with E-state index in [1.165, 1.54) is 10.6 Å². The van der Waals surface area contributed by atoms with Crippen molar-refractivity contribution >= 4 is 11.8 Å². The van der Waals surface area contributed by atoms with Crippen LogP contribution < -0.4 is 10.7 Å². The van der Waals surface area contributed by atoms with Crippen molar-refractivity contribution in [3.05, 3.63) is 90.0 Å². The highest BCUT2D eigenvalue weighted by molar-refractivity contribution is 5.83. The molecule has 0 aliphatic carbocycles. The largest absolute Gasteiger partial charge is 0.392 e. The second-order valence-electron chi connectivity index (χ2n) is 11.1. The summed E-state index contributed by atoms with van der Waals surface area (Å²) < 4.78 is 0. The first kappa shape index (κ1) is 30.5. The number of nitrogens with zero attached hydrogens (tertiary/aromatic N) is 4. The highest BCUT2D eigenvalue weighted by Gasteiger charge is 2.24. The fraction of sp³-hybridized carbons (Fsp3) is 0.344. The average molecular weight is 570 g/mol. The zero-order chi connectivity index (χ0) is 30.0. The van der Waals surface area contributed by atoms with Crippen molar-refractivity contribution in [2.45, 2.75) is 64.6 Å². The standard InChI is InChI=1S/C32H39N7O3/c1-23(40)21-33-32(2,3)20-29(41)36-39(30(42)15-9-12-24-10-5-4-6-11-24)22-25-16-18-26(19-17-25)27-13-7-8-14-28(27)31-34-37-38-35-31/h4-8,10-11,13-14,16-19,23,33,40H,9,12,15,20-22H2,1-3H3,(H,36,41)(H,34,35,37,38)/t23-/m1/s1. The lowest BCUT2D eigenvalue weighted by atomic mass is 9.98. The van der Waals surface area contributed by atoms with Gasteiger partial charge in [0.2, 0.25) is 11.8 Å². The first-order valence-electron chi connectivity index (χ1n) is 14.2. The van der Waals surface area contributed by atoms with E-state index >= 15 is 0 Å². The van der Waals surface area contributed by atoms with E-state index in [4.69, 9.17) is 0 Å². The molecule has 0 saturated heterocycles. The molecule has 220 valence electrons. The van der Waals surface area contributed by atoms with Crippen LogP contribution in [0, 0.1) is 0 Å². The van der Waals surface area contributed by atoms with Crippen molar-refractivity contribution in [2.24, 2.45) is 0 Å². The number of aliphatic hydroxyl groups is 1. The summed E-state index contributed by atoms with van der Waals surface area (Å²) in [5, 5.41) is 28.5. The predicted molar refractivity (Wildman–Crippen MR) is 162 cm³/mol. The van der Waals surface area contributed by atoms with Crippen LogP contribution in [0.5, 0.6) is 0 Å². The molecule has 4 rings (SSSR count). The Morgan fingerprint density at radius 2 is 1.64 bits per heavy atom. The van der Waals surface area contributed by atoms with Gasteiger partial charge < -0.3 is 10.4 Å². The van der Waals surface area contributed by atoms with Crippen molar-refractivity contribution in [1.29, 1.82) is 0 Å². The van der Waals surface area contributed by atoms with Gasteiger partial charge in [-0.25, -0.2) is 10.1 Å². The SMILES string of the molecule is C[C@@H](O)CNC(C)(C)CC(=O)NN(Cc1ccc(-c2ccccc2-c2nnn[nH]2)cc1)C(=O)CCCc1ccccc1. The van der Waals surface area contributed by atoms with Gasteiger partial charge in [0.25, 0.3) is 0 Å². The molecule has 10 heteroatoms. The van der Waals surface area contributed by atoms with E-state index in [0.717, 1.165) is 28.7 Å². The van der Waals surface area contributed by atoms with E-state index in [-0.39, 0.29) is 24.8 Å². The Kier molecular flexibility index (Phi) is 10.5. The topological polar surface area (TPSA) is 136 Å². The number of rotatable bonds is 13. The van der Waals surface area contributed by atoms with Crippen LogP contribution in [0.4, 0.5) is 0 Å². The van der Waals surface area contributed by atoms with Crippen LogP contribution in [0.25, 0.3) is 22.5 Å². The molecule has 0 radical (unpaired) electrons. The van der Waals surface area contributed by atoms with Gasteiger partial charge in [0.05, 0.1) is 12.6 Å². The van der Waals surface area contributed by atoms with E-state index in [9.17, 15) is 14.7 Å². The number of aliphatic hydroxyl groups excluding tert-OH is 1. The molecule has 1 aromatic heterocycles. The van der Waals surface area contributed by atoms with E-state index in [1.54, 1.807) is 6.92 Å². The highest BCUT2D eigenvalue weighted by Crippen LogP contribution is 2.29. The summed E-state index contributed by atoms with van der Waals surface area (Å²) in [6, 6.07) is 25.8. The van der Waals surface area contributed by atoms with Crippen molar-refractivity contribution in [3.8, 4) is 22.5 Å². The summed E-state index contributed by atoms with van der Waals surface area (Å²) in [5.41, 5.74) is 7.16. The van der Waals surface area contributed by atoms with Crippen molar-refractivity contribution in [1.82, 2.24) is 36.4 Å². The lowest BCUT2D eigenvalue weighted by Crippen LogP contribution is -2.51. The fourth-order valence-corrected chi connectivity index (χ4v) is 4.68. The molecule has 0 aliphatic rings. The van der Waals surface area contributed by atoms with E-state index in [2.05, 4.69) is 31.4 Å². The maximum atomic E-state index is 13.4. The maximum absolute atomic E-state index is 13.4. The number of carbonyl (C=O) groups is 2. The van der Waals surface area contributed by atoms with Crippen LogP contribution in [0.2, 0.25) is 0 Å². The number of hydrogen-bond donors (Lipinski definition) is 4. The average Bonchev–Trinajstić information content (AvgIpc) is 3.52. The Labute approximate surface area is 246 Å². The summed E-state index contributed by atoms with van der Waals surface area (Å²) >= 11 is 0. The molecule has 2 amide bonds. The van der Waals surface area contributed by atoms with E-state index < -0.39 is 11.6 Å². The van der Waals surface area contributed by atoms with Gasteiger partial charge in [0, 0.05) is 30.5 Å². The number of H-pyrrole nitrogens is 1. The minimum atomic E-state index is -0.558. The molecule has 0 saturated carbocycles. The summed E-state index contributed by atoms with van der Waals surface area (Å²) in [7, 11) is 0. The minimum absolute atomic E-state index is 0.139. The first-order valence-corrected chi connectivity index (χ1v) is 14.2. The Hall–Kier alpha value is -4.41. The molecule has 0 spiro atoms. The van der Waals surface area contributed by atoms with Gasteiger partial charge in [-0.05, 0) is 66.3 Å². The fourth-order valence-electron chi connectivity index (χ4n) is 4.68. The zero-order valence-corrected chi connectivity index (χ0v) is 24.4. The van der Waals surface area contributed by atoms with Crippen LogP contribution in [-0.4, -0.2) is 60.7 Å². The summed E-state index contributed by atoms with van der Waals surface area (Å²) in [6.45, 7) is 6.07. The Balaban J connectivity index is 1.46. The number of aromatic nitrogens is 4. The van der Waals surface area contributed by atoms with Crippen molar-refractivity contribution in [3.63, 3.8) is 0 Å². The number of hydrogen-bond acceptors (Lipinski definition) is 7. The van der Waals surface area contributed by atoms with Crippen LogP contribution >= 0.6 is 0 Å². The van der Waals surface area contributed by atoms with E-state index in [0.29, 0.717) is 25.2 Å². The Bertz CT molecular complexity index is 1420. The van der Waals surface area contributed by atoms with Gasteiger partial charge in [-0.1, -0.05) is 78.9 Å². The molecular weight excluding hydrogens is 530 g/mol. The molecule has 0 aliphatic heterocycles. The van der Waals surface area contributed by atoms with Crippen LogP contribution in [0.15, 0.2) is 78.9 Å². The maximum Gasteiger partial charge on any atom is 0.241 e. The zero-order valence-electron chi connectivity index (χ0n) is 24.4. The minimum Gasteiger partial charge on any atom is -0.392 e. The van der Waals surface area contributed by atoms with Gasteiger partial charge in [-0.3, -0.25) is 15.0 Å². The monoisotopic (exact) mass is 569 g/mol. The third-order valence-electron chi connectivity index (χ3n) is 6.87. The van der Waals surface area contributed by atoms with Crippen molar-refractivity contribution < 1.29 is 14.7 Å². The normalized spacial score (nSPS) is 12.1. The highest BCUT2D eigenvalue weighted by atomic mass is 16.3. The second kappa shape index (κ2) is 14.5.